The van der Waals surface area contributed by atoms with E-state index in [9.17, 15) is 4.39 Å². The molecule has 0 aromatic heterocycles. The van der Waals surface area contributed by atoms with E-state index in [-0.39, 0.29) is 5.82 Å². The van der Waals surface area contributed by atoms with Gasteiger partial charge in [-0.3, -0.25) is 5.43 Å². The monoisotopic (exact) mass is 244 g/mol. The largest absolute Gasteiger partial charge is 0.496 e. The fraction of sp³-hybridized carbons (Fsp3) is 0.0714. The molecule has 0 aliphatic heterocycles. The lowest BCUT2D eigenvalue weighted by molar-refractivity contribution is 0.414. The quantitative estimate of drug-likeness (QED) is 0.661. The van der Waals surface area contributed by atoms with E-state index in [4.69, 9.17) is 4.74 Å². The summed E-state index contributed by atoms with van der Waals surface area (Å²) in [6, 6.07) is 13.5. The summed E-state index contributed by atoms with van der Waals surface area (Å²) in [5, 5.41) is 4.07. The molecule has 0 radical (unpaired) electrons. The van der Waals surface area contributed by atoms with Crippen molar-refractivity contribution in [2.45, 2.75) is 0 Å². The average molecular weight is 244 g/mol. The van der Waals surface area contributed by atoms with Gasteiger partial charge in [-0.05, 0) is 36.4 Å². The summed E-state index contributed by atoms with van der Waals surface area (Å²) in [6.07, 6.45) is 1.65. The number of benzene rings is 2. The summed E-state index contributed by atoms with van der Waals surface area (Å²) in [4.78, 5) is 0. The third-order valence-corrected chi connectivity index (χ3v) is 2.38. The van der Waals surface area contributed by atoms with E-state index < -0.39 is 0 Å². The van der Waals surface area contributed by atoms with Crippen LogP contribution in [-0.4, -0.2) is 13.3 Å². The first-order valence-electron chi connectivity index (χ1n) is 5.47. The minimum Gasteiger partial charge on any atom is -0.496 e. The molecule has 0 unspecified atom stereocenters. The Morgan fingerprint density at radius 2 is 1.83 bits per heavy atom. The first-order valence-corrected chi connectivity index (χ1v) is 5.47. The van der Waals surface area contributed by atoms with Crippen LogP contribution in [0.2, 0.25) is 0 Å². The molecule has 4 heteroatoms. The van der Waals surface area contributed by atoms with E-state index in [0.717, 1.165) is 17.0 Å². The Balaban J connectivity index is 2.05. The van der Waals surface area contributed by atoms with E-state index in [0.29, 0.717) is 0 Å². The van der Waals surface area contributed by atoms with E-state index in [1.165, 1.54) is 12.1 Å². The van der Waals surface area contributed by atoms with Crippen LogP contribution in [0, 0.1) is 5.82 Å². The molecule has 2 rings (SSSR count). The summed E-state index contributed by atoms with van der Waals surface area (Å²) < 4.78 is 17.9. The minimum atomic E-state index is -0.269. The molecular formula is C14H13FN2O. The highest BCUT2D eigenvalue weighted by molar-refractivity contribution is 5.83. The molecular weight excluding hydrogens is 231 g/mol. The van der Waals surface area contributed by atoms with Crippen molar-refractivity contribution in [3.05, 3.63) is 59.9 Å². The standard InChI is InChI=1S/C14H13FN2O/c1-18-14-5-3-2-4-11(14)10-16-17-13-8-6-12(15)7-9-13/h2-10,17H,1H3/b16-10+. The maximum absolute atomic E-state index is 12.7. The van der Waals surface area contributed by atoms with Crippen molar-refractivity contribution in [1.29, 1.82) is 0 Å². The number of hydrazone groups is 1. The molecule has 3 nitrogen and oxygen atoms in total. The highest BCUT2D eigenvalue weighted by Gasteiger charge is 1.97. The van der Waals surface area contributed by atoms with Gasteiger partial charge in [0.2, 0.25) is 0 Å². The fourth-order valence-corrected chi connectivity index (χ4v) is 1.47. The van der Waals surface area contributed by atoms with Gasteiger partial charge in [0.05, 0.1) is 19.0 Å². The number of hydrogen-bond acceptors (Lipinski definition) is 3. The van der Waals surface area contributed by atoms with Crippen molar-refractivity contribution >= 4 is 11.9 Å². The summed E-state index contributed by atoms with van der Waals surface area (Å²) in [6.45, 7) is 0. The zero-order valence-electron chi connectivity index (χ0n) is 9.93. The molecule has 2 aromatic rings. The van der Waals surface area contributed by atoms with Gasteiger partial charge in [0.1, 0.15) is 11.6 Å². The molecule has 0 saturated carbocycles. The van der Waals surface area contributed by atoms with Gasteiger partial charge >= 0.3 is 0 Å². The van der Waals surface area contributed by atoms with Gasteiger partial charge in [-0.25, -0.2) is 4.39 Å². The zero-order valence-corrected chi connectivity index (χ0v) is 9.93. The Morgan fingerprint density at radius 3 is 2.56 bits per heavy atom. The van der Waals surface area contributed by atoms with E-state index in [1.54, 1.807) is 25.5 Å². The van der Waals surface area contributed by atoms with Crippen LogP contribution in [0.15, 0.2) is 53.6 Å². The van der Waals surface area contributed by atoms with Crippen LogP contribution in [0.25, 0.3) is 0 Å². The Hall–Kier alpha value is -2.36. The SMILES string of the molecule is COc1ccccc1/C=N/Nc1ccc(F)cc1. The molecule has 18 heavy (non-hydrogen) atoms. The lowest BCUT2D eigenvalue weighted by Crippen LogP contribution is -1.93. The maximum Gasteiger partial charge on any atom is 0.127 e. The molecule has 92 valence electrons. The molecule has 0 saturated heterocycles. The van der Waals surface area contributed by atoms with Crippen molar-refractivity contribution in [3.63, 3.8) is 0 Å². The fourth-order valence-electron chi connectivity index (χ4n) is 1.47. The molecule has 0 fully saturated rings. The number of hydrogen-bond donors (Lipinski definition) is 1. The van der Waals surface area contributed by atoms with Gasteiger partial charge in [-0.2, -0.15) is 5.10 Å². The van der Waals surface area contributed by atoms with Crippen LogP contribution in [-0.2, 0) is 0 Å². The molecule has 0 spiro atoms. The van der Waals surface area contributed by atoms with Crippen molar-refractivity contribution in [1.82, 2.24) is 0 Å². The van der Waals surface area contributed by atoms with Gasteiger partial charge in [-0.15, -0.1) is 0 Å². The van der Waals surface area contributed by atoms with Crippen LogP contribution in [0.4, 0.5) is 10.1 Å². The molecule has 0 amide bonds. The van der Waals surface area contributed by atoms with E-state index in [2.05, 4.69) is 10.5 Å². The van der Waals surface area contributed by atoms with Crippen molar-refractivity contribution < 1.29 is 9.13 Å². The predicted octanol–water partition coefficient (Wildman–Crippen LogP) is 3.28. The number of halogens is 1. The number of anilines is 1. The topological polar surface area (TPSA) is 33.6 Å². The Kier molecular flexibility index (Phi) is 3.91. The molecule has 0 bridgehead atoms. The van der Waals surface area contributed by atoms with Crippen LogP contribution in [0.1, 0.15) is 5.56 Å². The molecule has 0 heterocycles. The van der Waals surface area contributed by atoms with Crippen molar-refractivity contribution in [3.8, 4) is 5.75 Å². The first-order chi connectivity index (χ1) is 8.79. The van der Waals surface area contributed by atoms with Gasteiger partial charge in [0, 0.05) is 5.56 Å². The van der Waals surface area contributed by atoms with E-state index in [1.807, 2.05) is 24.3 Å². The maximum atomic E-state index is 12.7. The van der Waals surface area contributed by atoms with Crippen LogP contribution in [0.3, 0.4) is 0 Å². The lowest BCUT2D eigenvalue weighted by Gasteiger charge is -2.03. The van der Waals surface area contributed by atoms with Gasteiger partial charge in [0.25, 0.3) is 0 Å². The second kappa shape index (κ2) is 5.82. The second-order valence-corrected chi connectivity index (χ2v) is 3.62. The summed E-state index contributed by atoms with van der Waals surface area (Å²) in [5.74, 6) is 0.483. The molecule has 0 aliphatic rings. The first kappa shape index (κ1) is 12.1. The van der Waals surface area contributed by atoms with Gasteiger partial charge in [-0.1, -0.05) is 12.1 Å². The predicted molar refractivity (Wildman–Crippen MR) is 70.6 cm³/mol. The highest BCUT2D eigenvalue weighted by Crippen LogP contribution is 2.15. The van der Waals surface area contributed by atoms with E-state index >= 15 is 0 Å². The third kappa shape index (κ3) is 3.07. The van der Waals surface area contributed by atoms with Crippen molar-refractivity contribution in [2.75, 3.05) is 12.5 Å². The third-order valence-electron chi connectivity index (χ3n) is 2.38. The second-order valence-electron chi connectivity index (χ2n) is 3.62. The lowest BCUT2D eigenvalue weighted by atomic mass is 10.2. The van der Waals surface area contributed by atoms with Gasteiger partial charge in [0.15, 0.2) is 0 Å². The highest BCUT2D eigenvalue weighted by atomic mass is 19.1. The number of nitrogens with one attached hydrogen (secondary N) is 1. The average Bonchev–Trinajstić information content (AvgIpc) is 2.41. The molecule has 0 atom stereocenters. The number of nitrogens with zero attached hydrogens (tertiary/aromatic N) is 1. The number of rotatable bonds is 4. The van der Waals surface area contributed by atoms with Gasteiger partial charge < -0.3 is 4.74 Å². The number of methoxy groups -OCH3 is 1. The molecule has 1 N–H and O–H groups in total. The minimum absolute atomic E-state index is 0.269. The molecule has 0 aliphatic carbocycles. The summed E-state index contributed by atoms with van der Waals surface area (Å²) in [7, 11) is 1.61. The number of para-hydroxylation sites is 1. The smallest absolute Gasteiger partial charge is 0.127 e. The Labute approximate surface area is 105 Å². The normalized spacial score (nSPS) is 10.6. The van der Waals surface area contributed by atoms with Crippen LogP contribution >= 0.6 is 0 Å². The summed E-state index contributed by atoms with van der Waals surface area (Å²) >= 11 is 0. The van der Waals surface area contributed by atoms with Crippen LogP contribution < -0.4 is 10.2 Å². The molecule has 2 aromatic carbocycles. The zero-order chi connectivity index (χ0) is 12.8. The van der Waals surface area contributed by atoms with Crippen LogP contribution in [0.5, 0.6) is 5.75 Å². The van der Waals surface area contributed by atoms with Crippen molar-refractivity contribution in [2.24, 2.45) is 5.10 Å². The number of ether oxygens (including phenoxy) is 1. The summed E-state index contributed by atoms with van der Waals surface area (Å²) in [5.41, 5.74) is 4.41. The Morgan fingerprint density at radius 1 is 1.11 bits per heavy atom. The Bertz CT molecular complexity index is 538.